The first kappa shape index (κ1) is 12.6. The summed E-state index contributed by atoms with van der Waals surface area (Å²) in [7, 11) is 7.66. The molecule has 0 radical (unpaired) electrons. The van der Waals surface area contributed by atoms with E-state index in [0.29, 0.717) is 17.0 Å². The number of rotatable bonds is 3. The van der Waals surface area contributed by atoms with Crippen molar-refractivity contribution in [3.8, 4) is 0 Å². The van der Waals surface area contributed by atoms with Gasteiger partial charge in [-0.1, -0.05) is 0 Å². The molecule has 2 N–H and O–H groups in total. The minimum absolute atomic E-state index is 0.0927. The van der Waals surface area contributed by atoms with Crippen LogP contribution in [0.4, 0.5) is 5.95 Å². The molecule has 18 heavy (non-hydrogen) atoms. The zero-order valence-corrected chi connectivity index (χ0v) is 11.5. The number of hydrogen-bond donors (Lipinski definition) is 2. The van der Waals surface area contributed by atoms with Crippen molar-refractivity contribution in [2.75, 3.05) is 33.1 Å². The van der Waals surface area contributed by atoms with E-state index in [-0.39, 0.29) is 5.56 Å². The average molecular weight is 249 g/mol. The van der Waals surface area contributed by atoms with Crippen LogP contribution in [-0.4, -0.2) is 48.0 Å². The van der Waals surface area contributed by atoms with E-state index in [1.165, 1.54) is 0 Å². The van der Waals surface area contributed by atoms with E-state index in [1.807, 2.05) is 40.0 Å². The van der Waals surface area contributed by atoms with Gasteiger partial charge in [0.05, 0.1) is 5.39 Å². The van der Waals surface area contributed by atoms with Gasteiger partial charge in [-0.15, -0.1) is 0 Å². The van der Waals surface area contributed by atoms with Crippen molar-refractivity contribution in [2.45, 2.75) is 13.5 Å². The average Bonchev–Trinajstić information content (AvgIpc) is 2.54. The van der Waals surface area contributed by atoms with Crippen molar-refractivity contribution in [1.82, 2.24) is 19.9 Å². The Hall–Kier alpha value is -1.82. The zero-order chi connectivity index (χ0) is 13.4. The molecule has 2 aromatic heterocycles. The lowest BCUT2D eigenvalue weighted by Gasteiger charge is -2.11. The number of nitrogens with zero attached hydrogens (tertiary/aromatic N) is 3. The molecule has 0 spiro atoms. The molecule has 2 rings (SSSR count). The highest BCUT2D eigenvalue weighted by Crippen LogP contribution is 2.19. The molecule has 0 bridgehead atoms. The summed E-state index contributed by atoms with van der Waals surface area (Å²) in [6.45, 7) is 2.69. The van der Waals surface area contributed by atoms with E-state index in [4.69, 9.17) is 0 Å². The molecule has 0 aliphatic heterocycles. The highest BCUT2D eigenvalue weighted by molar-refractivity contribution is 5.81. The summed E-state index contributed by atoms with van der Waals surface area (Å²) >= 11 is 0. The fraction of sp³-hybridized carbons (Fsp3) is 0.500. The van der Waals surface area contributed by atoms with Crippen LogP contribution < -0.4 is 10.5 Å². The van der Waals surface area contributed by atoms with Gasteiger partial charge < -0.3 is 14.8 Å². The van der Waals surface area contributed by atoms with E-state index in [2.05, 4.69) is 15.0 Å². The van der Waals surface area contributed by atoms with Crippen molar-refractivity contribution < 1.29 is 0 Å². The van der Waals surface area contributed by atoms with Crippen molar-refractivity contribution in [2.24, 2.45) is 0 Å². The number of fused-ring (bicyclic) bond motifs is 1. The highest BCUT2D eigenvalue weighted by Gasteiger charge is 2.15. The molecular weight excluding hydrogens is 230 g/mol. The normalized spacial score (nSPS) is 11.4. The van der Waals surface area contributed by atoms with E-state index in [9.17, 15) is 4.79 Å². The summed E-state index contributed by atoms with van der Waals surface area (Å²) < 4.78 is 0. The standard InChI is InChI=1S/C12H19N5O/c1-7-8(6-16(2)3)9-10(13-7)14-12(17(4)5)15-11(9)18/h6H2,1-5H3,(H2,13,14,15,18). The first-order valence-corrected chi connectivity index (χ1v) is 5.83. The number of H-pyrrole nitrogens is 2. The lowest BCUT2D eigenvalue weighted by molar-refractivity contribution is 0.403. The van der Waals surface area contributed by atoms with Crippen molar-refractivity contribution >= 4 is 17.0 Å². The summed E-state index contributed by atoms with van der Waals surface area (Å²) in [5.74, 6) is 0.560. The van der Waals surface area contributed by atoms with Gasteiger partial charge in [0, 0.05) is 31.9 Å². The van der Waals surface area contributed by atoms with Crippen LogP contribution in [0.1, 0.15) is 11.3 Å². The molecule has 0 aliphatic rings. The molecule has 0 aliphatic carbocycles. The minimum atomic E-state index is -0.0927. The number of hydrogen-bond acceptors (Lipinski definition) is 4. The fourth-order valence-electron chi connectivity index (χ4n) is 2.00. The maximum absolute atomic E-state index is 12.2. The number of aromatic nitrogens is 3. The second-order valence-electron chi connectivity index (χ2n) is 4.97. The second-order valence-corrected chi connectivity index (χ2v) is 4.97. The lowest BCUT2D eigenvalue weighted by Crippen LogP contribution is -2.19. The van der Waals surface area contributed by atoms with Gasteiger partial charge in [0.1, 0.15) is 5.65 Å². The summed E-state index contributed by atoms with van der Waals surface area (Å²) in [6.07, 6.45) is 0. The summed E-state index contributed by atoms with van der Waals surface area (Å²) in [5, 5.41) is 0.659. The third-order valence-corrected chi connectivity index (χ3v) is 2.87. The smallest absolute Gasteiger partial charge is 0.262 e. The highest BCUT2D eigenvalue weighted by atomic mass is 16.1. The molecule has 2 aromatic rings. The first-order chi connectivity index (χ1) is 8.40. The van der Waals surface area contributed by atoms with Crippen molar-refractivity contribution in [1.29, 1.82) is 0 Å². The van der Waals surface area contributed by atoms with Gasteiger partial charge in [0.25, 0.3) is 5.56 Å². The maximum Gasteiger partial charge on any atom is 0.262 e. The fourth-order valence-corrected chi connectivity index (χ4v) is 2.00. The molecule has 0 atom stereocenters. The predicted molar refractivity (Wildman–Crippen MR) is 73.2 cm³/mol. The molecule has 6 heteroatoms. The molecule has 98 valence electrons. The van der Waals surface area contributed by atoms with Gasteiger partial charge in [-0.2, -0.15) is 4.98 Å². The molecule has 0 fully saturated rings. The first-order valence-electron chi connectivity index (χ1n) is 5.83. The summed E-state index contributed by atoms with van der Waals surface area (Å²) in [6, 6.07) is 0. The number of aromatic amines is 2. The second kappa shape index (κ2) is 4.45. The van der Waals surface area contributed by atoms with Crippen LogP contribution in [0.15, 0.2) is 4.79 Å². The summed E-state index contributed by atoms with van der Waals surface area (Å²) in [4.78, 5) is 26.4. The Bertz CT molecular complexity index is 623. The minimum Gasteiger partial charge on any atom is -0.348 e. The zero-order valence-electron chi connectivity index (χ0n) is 11.5. The van der Waals surface area contributed by atoms with Crippen LogP contribution in [-0.2, 0) is 6.54 Å². The maximum atomic E-state index is 12.2. The molecular formula is C12H19N5O. The monoisotopic (exact) mass is 249 g/mol. The quantitative estimate of drug-likeness (QED) is 0.839. The molecule has 0 saturated heterocycles. The van der Waals surface area contributed by atoms with Crippen LogP contribution in [0.3, 0.4) is 0 Å². The Morgan fingerprint density at radius 1 is 1.17 bits per heavy atom. The van der Waals surface area contributed by atoms with Gasteiger partial charge in [-0.3, -0.25) is 9.78 Å². The van der Waals surface area contributed by atoms with Gasteiger partial charge >= 0.3 is 0 Å². The van der Waals surface area contributed by atoms with Crippen LogP contribution in [0, 0.1) is 6.92 Å². The van der Waals surface area contributed by atoms with Crippen LogP contribution in [0.25, 0.3) is 11.0 Å². The molecule has 0 unspecified atom stereocenters. The predicted octanol–water partition coefficient (Wildman–Crippen LogP) is 0.687. The Labute approximate surface area is 106 Å². The molecule has 0 aromatic carbocycles. The largest absolute Gasteiger partial charge is 0.348 e. The van der Waals surface area contributed by atoms with Crippen molar-refractivity contribution in [3.63, 3.8) is 0 Å². The topological polar surface area (TPSA) is 68.0 Å². The summed E-state index contributed by atoms with van der Waals surface area (Å²) in [5.41, 5.74) is 2.56. The Kier molecular flexibility index (Phi) is 3.13. The van der Waals surface area contributed by atoms with Gasteiger partial charge in [0.15, 0.2) is 0 Å². The Morgan fingerprint density at radius 3 is 2.39 bits per heavy atom. The number of anilines is 1. The van der Waals surface area contributed by atoms with E-state index < -0.39 is 0 Å². The van der Waals surface area contributed by atoms with E-state index in [1.54, 1.807) is 4.90 Å². The Morgan fingerprint density at radius 2 is 1.83 bits per heavy atom. The molecule has 0 saturated carbocycles. The third-order valence-electron chi connectivity index (χ3n) is 2.87. The number of aryl methyl sites for hydroxylation is 1. The van der Waals surface area contributed by atoms with Crippen LogP contribution in [0.5, 0.6) is 0 Å². The van der Waals surface area contributed by atoms with Gasteiger partial charge in [0.2, 0.25) is 5.95 Å². The van der Waals surface area contributed by atoms with E-state index >= 15 is 0 Å². The van der Waals surface area contributed by atoms with Crippen LogP contribution in [0.2, 0.25) is 0 Å². The Balaban J connectivity index is 2.68. The number of nitrogens with one attached hydrogen (secondary N) is 2. The lowest BCUT2D eigenvalue weighted by atomic mass is 10.2. The SMILES string of the molecule is Cc1[nH]c2nc(N(C)C)[nH]c(=O)c2c1CN(C)C. The molecule has 6 nitrogen and oxygen atoms in total. The molecule has 2 heterocycles. The van der Waals surface area contributed by atoms with Gasteiger partial charge in [-0.05, 0) is 21.0 Å². The third kappa shape index (κ3) is 2.11. The van der Waals surface area contributed by atoms with Gasteiger partial charge in [-0.25, -0.2) is 0 Å². The van der Waals surface area contributed by atoms with Crippen molar-refractivity contribution in [3.05, 3.63) is 21.6 Å². The van der Waals surface area contributed by atoms with E-state index in [0.717, 1.165) is 17.8 Å². The molecule has 0 amide bonds. The van der Waals surface area contributed by atoms with Crippen LogP contribution >= 0.6 is 0 Å².